The number of carbonyl (C=O) groups excluding carboxylic acids is 2. The number of nitrogens with zero attached hydrogens (tertiary/aromatic N) is 3. The van der Waals surface area contributed by atoms with E-state index >= 15 is 0 Å². The first-order chi connectivity index (χ1) is 17.3. The summed E-state index contributed by atoms with van der Waals surface area (Å²) in [5, 5.41) is 0. The molecular formula is C30H35N3O3. The zero-order valence-corrected chi connectivity index (χ0v) is 21.6. The zero-order chi connectivity index (χ0) is 25.7. The highest BCUT2D eigenvalue weighted by Crippen LogP contribution is 2.40. The van der Waals surface area contributed by atoms with Crippen molar-refractivity contribution >= 4 is 12.0 Å². The van der Waals surface area contributed by atoms with Crippen molar-refractivity contribution in [3.63, 3.8) is 0 Å². The highest BCUT2D eigenvalue weighted by atomic mass is 16.6. The lowest BCUT2D eigenvalue weighted by Crippen LogP contribution is -2.49. The number of pyridine rings is 1. The molecule has 2 aromatic carbocycles. The van der Waals surface area contributed by atoms with Gasteiger partial charge in [0.1, 0.15) is 5.60 Å². The van der Waals surface area contributed by atoms with Crippen molar-refractivity contribution in [2.45, 2.75) is 51.7 Å². The van der Waals surface area contributed by atoms with Gasteiger partial charge in [-0.2, -0.15) is 0 Å². The van der Waals surface area contributed by atoms with E-state index in [4.69, 9.17) is 4.74 Å². The van der Waals surface area contributed by atoms with Crippen molar-refractivity contribution < 1.29 is 14.3 Å². The molecule has 2 atom stereocenters. The second-order valence-electron chi connectivity index (χ2n) is 9.70. The summed E-state index contributed by atoms with van der Waals surface area (Å²) in [5.41, 5.74) is 4.62. The van der Waals surface area contributed by atoms with Gasteiger partial charge in [-0.1, -0.05) is 54.6 Å². The van der Waals surface area contributed by atoms with E-state index in [9.17, 15) is 9.59 Å². The number of amides is 2. The molecule has 3 aromatic rings. The third-order valence-electron chi connectivity index (χ3n) is 7.28. The molecule has 1 saturated heterocycles. The lowest BCUT2D eigenvalue weighted by molar-refractivity contribution is -0.128. The normalized spacial score (nSPS) is 18.4. The number of aryl methyl sites for hydroxylation is 1. The van der Waals surface area contributed by atoms with Gasteiger partial charge in [0.2, 0.25) is 5.91 Å². The second kappa shape index (κ2) is 10.9. The van der Waals surface area contributed by atoms with E-state index in [0.717, 1.165) is 34.4 Å². The Morgan fingerprint density at radius 1 is 1.11 bits per heavy atom. The molecule has 188 valence electrons. The molecule has 36 heavy (non-hydrogen) atoms. The standard InChI is InChI=1S/C30H35N3O3/c1-22-21-27(15-18-31-22)26-13-11-25(12-14-26)23(2)33-20-17-30(36-29(33)35,28-9-6-5-7-10-28)16-8-19-32(4)24(3)34/h5-7,9-15,18,21,23H,8,16-17,19-20H2,1-4H3/t23-,30?/m0/s1. The molecule has 0 saturated carbocycles. The van der Waals surface area contributed by atoms with Crippen LogP contribution in [0.4, 0.5) is 4.79 Å². The summed E-state index contributed by atoms with van der Waals surface area (Å²) in [6.45, 7) is 6.83. The van der Waals surface area contributed by atoms with E-state index in [-0.39, 0.29) is 18.0 Å². The highest BCUT2D eigenvalue weighted by Gasteiger charge is 2.43. The summed E-state index contributed by atoms with van der Waals surface area (Å²) in [7, 11) is 1.80. The molecule has 1 aromatic heterocycles. The van der Waals surface area contributed by atoms with Gasteiger partial charge in [0, 0.05) is 45.4 Å². The third kappa shape index (κ3) is 5.59. The fourth-order valence-corrected chi connectivity index (χ4v) is 4.90. The highest BCUT2D eigenvalue weighted by molar-refractivity contribution is 5.73. The SMILES string of the molecule is CC(=O)N(C)CCCC1(c2ccccc2)CCN([C@@H](C)c2ccc(-c3ccnc(C)c3)cc2)C(=O)O1. The Bertz CT molecular complexity index is 1200. The first-order valence-electron chi connectivity index (χ1n) is 12.6. The summed E-state index contributed by atoms with van der Waals surface area (Å²) in [6, 6.07) is 22.3. The number of ether oxygens (including phenoxy) is 1. The maximum atomic E-state index is 13.4. The summed E-state index contributed by atoms with van der Waals surface area (Å²) < 4.78 is 6.24. The van der Waals surface area contributed by atoms with Crippen molar-refractivity contribution in [1.82, 2.24) is 14.8 Å². The monoisotopic (exact) mass is 485 g/mol. The topological polar surface area (TPSA) is 62.7 Å². The molecule has 1 fully saturated rings. The average Bonchev–Trinajstić information content (AvgIpc) is 2.89. The van der Waals surface area contributed by atoms with Crippen molar-refractivity contribution in [3.8, 4) is 11.1 Å². The van der Waals surface area contributed by atoms with Gasteiger partial charge in [-0.15, -0.1) is 0 Å². The molecule has 4 rings (SSSR count). The van der Waals surface area contributed by atoms with E-state index < -0.39 is 5.60 Å². The number of rotatable bonds is 8. The molecular weight excluding hydrogens is 450 g/mol. The average molecular weight is 486 g/mol. The Labute approximate surface area is 213 Å². The molecule has 6 heteroatoms. The molecule has 1 aliphatic heterocycles. The molecule has 0 N–H and O–H groups in total. The van der Waals surface area contributed by atoms with Crippen LogP contribution in [0.5, 0.6) is 0 Å². The number of hydrogen-bond acceptors (Lipinski definition) is 4. The maximum Gasteiger partial charge on any atom is 0.411 e. The van der Waals surface area contributed by atoms with Gasteiger partial charge in [-0.25, -0.2) is 4.79 Å². The quantitative estimate of drug-likeness (QED) is 0.386. The van der Waals surface area contributed by atoms with Crippen molar-refractivity contribution in [2.75, 3.05) is 20.1 Å². The zero-order valence-electron chi connectivity index (χ0n) is 21.6. The van der Waals surface area contributed by atoms with Gasteiger partial charge in [0.05, 0.1) is 6.04 Å². The van der Waals surface area contributed by atoms with E-state index in [1.807, 2.05) is 61.3 Å². The molecule has 2 heterocycles. The number of hydrogen-bond donors (Lipinski definition) is 0. The molecule has 0 aliphatic carbocycles. The Morgan fingerprint density at radius 2 is 1.83 bits per heavy atom. The third-order valence-corrected chi connectivity index (χ3v) is 7.28. The van der Waals surface area contributed by atoms with Crippen molar-refractivity contribution in [2.24, 2.45) is 0 Å². The van der Waals surface area contributed by atoms with Gasteiger partial charge in [-0.3, -0.25) is 9.78 Å². The van der Waals surface area contributed by atoms with Gasteiger partial charge >= 0.3 is 6.09 Å². The summed E-state index contributed by atoms with van der Waals surface area (Å²) in [4.78, 5) is 32.8. The molecule has 0 radical (unpaired) electrons. The molecule has 2 amide bonds. The fraction of sp³-hybridized carbons (Fsp3) is 0.367. The van der Waals surface area contributed by atoms with E-state index in [1.54, 1.807) is 18.9 Å². The molecule has 0 spiro atoms. The predicted molar refractivity (Wildman–Crippen MR) is 141 cm³/mol. The van der Waals surface area contributed by atoms with Crippen molar-refractivity contribution in [3.05, 3.63) is 89.7 Å². The van der Waals surface area contributed by atoms with Crippen LogP contribution in [-0.4, -0.2) is 46.9 Å². The van der Waals surface area contributed by atoms with Crippen LogP contribution >= 0.6 is 0 Å². The first-order valence-corrected chi connectivity index (χ1v) is 12.6. The molecule has 1 aliphatic rings. The number of aromatic nitrogens is 1. The van der Waals surface area contributed by atoms with Gasteiger partial charge in [0.15, 0.2) is 0 Å². The molecule has 0 bridgehead atoms. The Morgan fingerprint density at radius 3 is 2.47 bits per heavy atom. The Kier molecular flexibility index (Phi) is 7.73. The first kappa shape index (κ1) is 25.4. The van der Waals surface area contributed by atoms with Gasteiger partial charge < -0.3 is 14.5 Å². The van der Waals surface area contributed by atoms with Crippen LogP contribution in [-0.2, 0) is 15.1 Å². The minimum absolute atomic E-state index is 0.0366. The molecule has 1 unspecified atom stereocenters. The minimum Gasteiger partial charge on any atom is -0.438 e. The molecule has 6 nitrogen and oxygen atoms in total. The Balaban J connectivity index is 1.48. The number of carbonyl (C=O) groups is 2. The second-order valence-corrected chi connectivity index (χ2v) is 9.70. The largest absolute Gasteiger partial charge is 0.438 e. The number of benzene rings is 2. The van der Waals surface area contributed by atoms with E-state index in [1.165, 1.54) is 0 Å². The number of cyclic esters (lactones) is 1. The van der Waals surface area contributed by atoms with Crippen LogP contribution in [0.15, 0.2) is 72.9 Å². The van der Waals surface area contributed by atoms with Crippen LogP contribution < -0.4 is 0 Å². The van der Waals surface area contributed by atoms with Crippen LogP contribution in [0.1, 0.15) is 56.0 Å². The summed E-state index contributed by atoms with van der Waals surface area (Å²) in [5.74, 6) is 0.0366. The van der Waals surface area contributed by atoms with Gasteiger partial charge in [-0.05, 0) is 61.1 Å². The lowest BCUT2D eigenvalue weighted by Gasteiger charge is -2.44. The van der Waals surface area contributed by atoms with Crippen LogP contribution in [0.2, 0.25) is 0 Å². The summed E-state index contributed by atoms with van der Waals surface area (Å²) in [6.07, 6.45) is 3.64. The van der Waals surface area contributed by atoms with Crippen molar-refractivity contribution in [1.29, 1.82) is 0 Å². The van der Waals surface area contributed by atoms with E-state index in [0.29, 0.717) is 25.9 Å². The van der Waals surface area contributed by atoms with Gasteiger partial charge in [0.25, 0.3) is 0 Å². The van der Waals surface area contributed by atoms with Crippen LogP contribution in [0.3, 0.4) is 0 Å². The van der Waals surface area contributed by atoms with Crippen LogP contribution in [0.25, 0.3) is 11.1 Å². The van der Waals surface area contributed by atoms with Crippen LogP contribution in [0, 0.1) is 6.92 Å². The smallest absolute Gasteiger partial charge is 0.411 e. The van der Waals surface area contributed by atoms with E-state index in [2.05, 4.69) is 35.3 Å². The Hall–Kier alpha value is -3.67. The predicted octanol–water partition coefficient (Wildman–Crippen LogP) is 6.11. The maximum absolute atomic E-state index is 13.4. The minimum atomic E-state index is -0.685. The summed E-state index contributed by atoms with van der Waals surface area (Å²) >= 11 is 0. The lowest BCUT2D eigenvalue weighted by atomic mass is 9.84. The fourth-order valence-electron chi connectivity index (χ4n) is 4.90.